The Morgan fingerprint density at radius 1 is 1.27 bits per heavy atom. The van der Waals surface area contributed by atoms with Crippen molar-refractivity contribution in [2.75, 3.05) is 0 Å². The van der Waals surface area contributed by atoms with Crippen LogP contribution in [0.4, 0.5) is 0 Å². The van der Waals surface area contributed by atoms with Gasteiger partial charge in [-0.2, -0.15) is 0 Å². The second kappa shape index (κ2) is 4.63. The van der Waals surface area contributed by atoms with E-state index in [0.29, 0.717) is 0 Å². The van der Waals surface area contributed by atoms with Crippen molar-refractivity contribution in [3.8, 4) is 0 Å². The van der Waals surface area contributed by atoms with Gasteiger partial charge in [-0.15, -0.1) is 11.6 Å². The summed E-state index contributed by atoms with van der Waals surface area (Å²) in [6, 6.07) is 8.36. The lowest BCUT2D eigenvalue weighted by atomic mass is 10.0. The molecule has 15 heavy (non-hydrogen) atoms. The molecule has 1 heterocycles. The molecule has 0 spiro atoms. The van der Waals surface area contributed by atoms with Gasteiger partial charge in [0.1, 0.15) is 0 Å². The molecule has 0 fully saturated rings. The summed E-state index contributed by atoms with van der Waals surface area (Å²) in [7, 11) is 0. The number of rotatable bonds is 3. The van der Waals surface area contributed by atoms with Crippen molar-refractivity contribution in [2.45, 2.75) is 25.1 Å². The maximum atomic E-state index is 6.29. The van der Waals surface area contributed by atoms with E-state index in [1.807, 2.05) is 18.5 Å². The van der Waals surface area contributed by atoms with E-state index < -0.39 is 0 Å². The topological polar surface area (TPSA) is 12.9 Å². The Balaban J connectivity index is 2.38. The van der Waals surface area contributed by atoms with Crippen molar-refractivity contribution in [2.24, 2.45) is 0 Å². The fourth-order valence-corrected chi connectivity index (χ4v) is 2.07. The first-order valence-electron chi connectivity index (χ1n) is 5.29. The monoisotopic (exact) mass is 219 g/mol. The van der Waals surface area contributed by atoms with E-state index >= 15 is 0 Å². The molecule has 0 bridgehead atoms. The van der Waals surface area contributed by atoms with Crippen LogP contribution in [0.25, 0.3) is 10.8 Å². The molecule has 0 aliphatic heterocycles. The molecular formula is C13H14ClN. The third-order valence-electron chi connectivity index (χ3n) is 2.57. The molecule has 2 aromatic rings. The third-order valence-corrected chi connectivity index (χ3v) is 3.04. The number of hydrogen-bond donors (Lipinski definition) is 0. The zero-order valence-electron chi connectivity index (χ0n) is 8.78. The van der Waals surface area contributed by atoms with Crippen LogP contribution in [0, 0.1) is 0 Å². The number of nitrogens with zero attached hydrogens (tertiary/aromatic N) is 1. The SMILES string of the molecule is CCCC(Cl)c1ccc2cnccc2c1. The van der Waals surface area contributed by atoms with Crippen molar-refractivity contribution >= 4 is 22.4 Å². The van der Waals surface area contributed by atoms with Gasteiger partial charge < -0.3 is 0 Å². The maximum Gasteiger partial charge on any atom is 0.0585 e. The molecule has 1 aromatic heterocycles. The molecule has 0 N–H and O–H groups in total. The van der Waals surface area contributed by atoms with Crippen molar-refractivity contribution < 1.29 is 0 Å². The molecule has 0 aliphatic carbocycles. The van der Waals surface area contributed by atoms with E-state index in [-0.39, 0.29) is 5.38 Å². The lowest BCUT2D eigenvalue weighted by Gasteiger charge is -2.09. The summed E-state index contributed by atoms with van der Waals surface area (Å²) in [5.74, 6) is 0. The van der Waals surface area contributed by atoms with Gasteiger partial charge in [0, 0.05) is 17.8 Å². The highest BCUT2D eigenvalue weighted by Crippen LogP contribution is 2.27. The van der Waals surface area contributed by atoms with Gasteiger partial charge in [0.15, 0.2) is 0 Å². The van der Waals surface area contributed by atoms with E-state index in [4.69, 9.17) is 11.6 Å². The number of halogens is 1. The standard InChI is InChI=1S/C13H14ClN/c1-2-3-13(14)11-4-5-12-9-15-7-6-10(12)8-11/h4-9,13H,2-3H2,1H3. The fraction of sp³-hybridized carbons (Fsp3) is 0.308. The van der Waals surface area contributed by atoms with Crippen molar-refractivity contribution in [3.05, 3.63) is 42.2 Å². The third kappa shape index (κ3) is 2.29. The normalized spacial score (nSPS) is 12.9. The molecular weight excluding hydrogens is 206 g/mol. The van der Waals surface area contributed by atoms with Crippen molar-refractivity contribution in [1.29, 1.82) is 0 Å². The summed E-state index contributed by atoms with van der Waals surface area (Å²) < 4.78 is 0. The average Bonchev–Trinajstić information content (AvgIpc) is 2.29. The maximum absolute atomic E-state index is 6.29. The zero-order chi connectivity index (χ0) is 10.7. The van der Waals surface area contributed by atoms with Crippen LogP contribution in [0.5, 0.6) is 0 Å². The molecule has 0 saturated carbocycles. The highest BCUT2D eigenvalue weighted by Gasteiger charge is 2.06. The van der Waals surface area contributed by atoms with Gasteiger partial charge in [0.25, 0.3) is 0 Å². The average molecular weight is 220 g/mol. The summed E-state index contributed by atoms with van der Waals surface area (Å²) in [5.41, 5.74) is 1.21. The van der Waals surface area contributed by atoms with Crippen LogP contribution in [0.15, 0.2) is 36.7 Å². The highest BCUT2D eigenvalue weighted by molar-refractivity contribution is 6.20. The minimum absolute atomic E-state index is 0.132. The number of fused-ring (bicyclic) bond motifs is 1. The molecule has 2 heteroatoms. The second-order valence-corrected chi connectivity index (χ2v) is 4.27. The van der Waals surface area contributed by atoms with Crippen LogP contribution in [0.3, 0.4) is 0 Å². The Kier molecular flexibility index (Phi) is 3.22. The van der Waals surface area contributed by atoms with Crippen LogP contribution in [0.2, 0.25) is 0 Å². The van der Waals surface area contributed by atoms with Crippen LogP contribution in [-0.2, 0) is 0 Å². The molecule has 0 amide bonds. The van der Waals surface area contributed by atoms with Gasteiger partial charge >= 0.3 is 0 Å². The van der Waals surface area contributed by atoms with E-state index in [9.17, 15) is 0 Å². The van der Waals surface area contributed by atoms with Crippen LogP contribution < -0.4 is 0 Å². The molecule has 0 saturated heterocycles. The summed E-state index contributed by atoms with van der Waals surface area (Å²) in [6.07, 6.45) is 5.83. The number of alkyl halides is 1. The Bertz CT molecular complexity index is 453. The first kappa shape index (κ1) is 10.4. The smallest absolute Gasteiger partial charge is 0.0585 e. The summed E-state index contributed by atoms with van der Waals surface area (Å²) >= 11 is 6.29. The van der Waals surface area contributed by atoms with E-state index in [1.165, 1.54) is 16.3 Å². The lowest BCUT2D eigenvalue weighted by molar-refractivity contribution is 0.771. The highest BCUT2D eigenvalue weighted by atomic mass is 35.5. The van der Waals surface area contributed by atoms with E-state index in [2.05, 4.69) is 30.1 Å². The second-order valence-electron chi connectivity index (χ2n) is 3.74. The number of aromatic nitrogens is 1. The molecule has 1 aromatic carbocycles. The largest absolute Gasteiger partial charge is 0.264 e. The van der Waals surface area contributed by atoms with Crippen LogP contribution in [0.1, 0.15) is 30.7 Å². The van der Waals surface area contributed by atoms with Gasteiger partial charge in [-0.05, 0) is 29.5 Å². The van der Waals surface area contributed by atoms with Gasteiger partial charge in [0.2, 0.25) is 0 Å². The van der Waals surface area contributed by atoms with Crippen LogP contribution in [-0.4, -0.2) is 4.98 Å². The van der Waals surface area contributed by atoms with Gasteiger partial charge in [-0.3, -0.25) is 4.98 Å². The van der Waals surface area contributed by atoms with Gasteiger partial charge in [-0.1, -0.05) is 25.5 Å². The van der Waals surface area contributed by atoms with Crippen molar-refractivity contribution in [1.82, 2.24) is 4.98 Å². The van der Waals surface area contributed by atoms with Gasteiger partial charge in [0.05, 0.1) is 5.38 Å². The number of pyridine rings is 1. The minimum atomic E-state index is 0.132. The molecule has 0 aliphatic rings. The van der Waals surface area contributed by atoms with E-state index in [0.717, 1.165) is 12.8 Å². The Labute approximate surface area is 95.1 Å². The molecule has 2 rings (SSSR count). The Morgan fingerprint density at radius 2 is 2.13 bits per heavy atom. The van der Waals surface area contributed by atoms with Crippen molar-refractivity contribution in [3.63, 3.8) is 0 Å². The first-order valence-corrected chi connectivity index (χ1v) is 5.72. The number of hydrogen-bond acceptors (Lipinski definition) is 1. The lowest BCUT2D eigenvalue weighted by Crippen LogP contribution is -1.89. The van der Waals surface area contributed by atoms with Gasteiger partial charge in [-0.25, -0.2) is 0 Å². The summed E-state index contributed by atoms with van der Waals surface area (Å²) in [4.78, 5) is 4.09. The van der Waals surface area contributed by atoms with Crippen LogP contribution >= 0.6 is 11.6 Å². The molecule has 1 unspecified atom stereocenters. The quantitative estimate of drug-likeness (QED) is 0.701. The zero-order valence-corrected chi connectivity index (χ0v) is 9.54. The predicted molar refractivity (Wildman–Crippen MR) is 65.2 cm³/mol. The minimum Gasteiger partial charge on any atom is -0.264 e. The first-order chi connectivity index (χ1) is 7.31. The molecule has 0 radical (unpaired) electrons. The molecule has 1 atom stereocenters. The Morgan fingerprint density at radius 3 is 2.93 bits per heavy atom. The van der Waals surface area contributed by atoms with E-state index in [1.54, 1.807) is 0 Å². The Hall–Kier alpha value is -1.08. The predicted octanol–water partition coefficient (Wildman–Crippen LogP) is 4.31. The molecule has 78 valence electrons. The fourth-order valence-electron chi connectivity index (χ4n) is 1.72. The summed E-state index contributed by atoms with van der Waals surface area (Å²) in [6.45, 7) is 2.15. The summed E-state index contributed by atoms with van der Waals surface area (Å²) in [5, 5.41) is 2.51. The molecule has 1 nitrogen and oxygen atoms in total. The number of benzene rings is 1.